The zero-order valence-corrected chi connectivity index (χ0v) is 12.9. The van der Waals surface area contributed by atoms with Gasteiger partial charge in [0.25, 0.3) is 0 Å². The van der Waals surface area contributed by atoms with E-state index in [0.29, 0.717) is 19.2 Å². The fraction of sp³-hybridized carbons (Fsp3) is 0.625. The van der Waals surface area contributed by atoms with Crippen LogP contribution in [0.3, 0.4) is 0 Å². The average Bonchev–Trinajstić information content (AvgIpc) is 2.38. The lowest BCUT2D eigenvalue weighted by Gasteiger charge is -2.33. The maximum Gasteiger partial charge on any atom is 0.119 e. The lowest BCUT2D eigenvalue weighted by molar-refractivity contribution is 0.174. The van der Waals surface area contributed by atoms with Crippen molar-refractivity contribution in [3.05, 3.63) is 29.8 Å². The standard InChI is InChI=1S/C16H28N2O/c1-6-19-15-9-7-14(8-10-15)13(2)18(5)12-16(3,4)11-17/h7-10,13H,6,11-12,17H2,1-5H3. The summed E-state index contributed by atoms with van der Waals surface area (Å²) in [6.45, 7) is 11.0. The lowest BCUT2D eigenvalue weighted by atomic mass is 9.92. The molecule has 0 aromatic heterocycles. The van der Waals surface area contributed by atoms with Crippen LogP contribution in [0, 0.1) is 5.41 Å². The number of hydrogen-bond donors (Lipinski definition) is 1. The second kappa shape index (κ2) is 6.92. The maximum absolute atomic E-state index is 5.80. The Morgan fingerprint density at radius 3 is 2.32 bits per heavy atom. The van der Waals surface area contributed by atoms with Crippen LogP contribution >= 0.6 is 0 Å². The quantitative estimate of drug-likeness (QED) is 0.822. The smallest absolute Gasteiger partial charge is 0.119 e. The summed E-state index contributed by atoms with van der Waals surface area (Å²) in [5.74, 6) is 0.934. The highest BCUT2D eigenvalue weighted by molar-refractivity contribution is 5.29. The van der Waals surface area contributed by atoms with E-state index in [2.05, 4.69) is 44.9 Å². The van der Waals surface area contributed by atoms with Gasteiger partial charge in [0.05, 0.1) is 6.61 Å². The molecule has 0 fully saturated rings. The van der Waals surface area contributed by atoms with Crippen molar-refractivity contribution in [2.45, 2.75) is 33.7 Å². The predicted molar refractivity (Wildman–Crippen MR) is 81.5 cm³/mol. The largest absolute Gasteiger partial charge is 0.494 e. The summed E-state index contributed by atoms with van der Waals surface area (Å²) in [5.41, 5.74) is 7.25. The van der Waals surface area contributed by atoms with Crippen LogP contribution < -0.4 is 10.5 Å². The number of nitrogens with two attached hydrogens (primary N) is 1. The highest BCUT2D eigenvalue weighted by Gasteiger charge is 2.21. The Labute approximate surface area is 117 Å². The zero-order valence-electron chi connectivity index (χ0n) is 12.9. The fourth-order valence-electron chi connectivity index (χ4n) is 2.14. The third-order valence-electron chi connectivity index (χ3n) is 3.56. The molecule has 0 spiro atoms. The number of nitrogens with zero attached hydrogens (tertiary/aromatic N) is 1. The molecule has 108 valence electrons. The van der Waals surface area contributed by atoms with Gasteiger partial charge in [-0.3, -0.25) is 4.90 Å². The molecule has 0 aliphatic carbocycles. The van der Waals surface area contributed by atoms with Crippen molar-refractivity contribution in [3.63, 3.8) is 0 Å². The molecule has 1 aromatic rings. The number of rotatable bonds is 7. The number of hydrogen-bond acceptors (Lipinski definition) is 3. The van der Waals surface area contributed by atoms with Crippen LogP contribution in [0.1, 0.15) is 39.3 Å². The van der Waals surface area contributed by atoms with Crippen LogP contribution in [-0.2, 0) is 0 Å². The summed E-state index contributed by atoms with van der Waals surface area (Å²) in [4.78, 5) is 2.35. The fourth-order valence-corrected chi connectivity index (χ4v) is 2.14. The van der Waals surface area contributed by atoms with Crippen LogP contribution in [0.15, 0.2) is 24.3 Å². The van der Waals surface area contributed by atoms with E-state index in [4.69, 9.17) is 10.5 Å². The molecule has 1 atom stereocenters. The first kappa shape index (κ1) is 16.0. The molecule has 1 aromatic carbocycles. The third-order valence-corrected chi connectivity index (χ3v) is 3.56. The van der Waals surface area contributed by atoms with Crippen LogP contribution in [0.2, 0.25) is 0 Å². The van der Waals surface area contributed by atoms with Gasteiger partial charge in [-0.05, 0) is 50.6 Å². The summed E-state index contributed by atoms with van der Waals surface area (Å²) < 4.78 is 5.47. The molecule has 1 rings (SSSR count). The van der Waals surface area contributed by atoms with Crippen molar-refractivity contribution >= 4 is 0 Å². The molecule has 0 bridgehead atoms. The van der Waals surface area contributed by atoms with Gasteiger partial charge in [0.15, 0.2) is 0 Å². The van der Waals surface area contributed by atoms with E-state index in [1.807, 2.05) is 19.1 Å². The highest BCUT2D eigenvalue weighted by Crippen LogP contribution is 2.25. The van der Waals surface area contributed by atoms with Gasteiger partial charge in [-0.2, -0.15) is 0 Å². The summed E-state index contributed by atoms with van der Waals surface area (Å²) in [5, 5.41) is 0. The van der Waals surface area contributed by atoms with Crippen molar-refractivity contribution in [2.75, 3.05) is 26.7 Å². The van der Waals surface area contributed by atoms with Gasteiger partial charge >= 0.3 is 0 Å². The normalized spacial score (nSPS) is 13.6. The third kappa shape index (κ3) is 4.84. The molecule has 3 nitrogen and oxygen atoms in total. The van der Waals surface area contributed by atoms with E-state index >= 15 is 0 Å². The Balaban J connectivity index is 2.68. The molecule has 0 saturated heterocycles. The molecule has 19 heavy (non-hydrogen) atoms. The SMILES string of the molecule is CCOc1ccc(C(C)N(C)CC(C)(C)CN)cc1. The van der Waals surface area contributed by atoms with Crippen LogP contribution in [0.4, 0.5) is 0 Å². The van der Waals surface area contributed by atoms with Gasteiger partial charge in [0, 0.05) is 12.6 Å². The topological polar surface area (TPSA) is 38.5 Å². The molecule has 0 saturated carbocycles. The van der Waals surface area contributed by atoms with E-state index in [0.717, 1.165) is 12.3 Å². The molecule has 2 N–H and O–H groups in total. The molecular formula is C16H28N2O. The Bertz CT molecular complexity index is 373. The number of ether oxygens (including phenoxy) is 1. The van der Waals surface area contributed by atoms with Gasteiger partial charge in [0.2, 0.25) is 0 Å². The van der Waals surface area contributed by atoms with Gasteiger partial charge in [-0.1, -0.05) is 26.0 Å². The average molecular weight is 264 g/mol. The molecule has 0 radical (unpaired) electrons. The summed E-state index contributed by atoms with van der Waals surface area (Å²) >= 11 is 0. The summed E-state index contributed by atoms with van der Waals surface area (Å²) in [6.07, 6.45) is 0. The molecule has 0 amide bonds. The van der Waals surface area contributed by atoms with Crippen LogP contribution in [-0.4, -0.2) is 31.6 Å². The van der Waals surface area contributed by atoms with E-state index in [9.17, 15) is 0 Å². The Morgan fingerprint density at radius 1 is 1.26 bits per heavy atom. The maximum atomic E-state index is 5.80. The summed E-state index contributed by atoms with van der Waals surface area (Å²) in [6, 6.07) is 8.74. The molecule has 0 aliphatic heterocycles. The van der Waals surface area contributed by atoms with E-state index in [1.165, 1.54) is 5.56 Å². The van der Waals surface area contributed by atoms with E-state index in [1.54, 1.807) is 0 Å². The Kier molecular flexibility index (Phi) is 5.83. The monoisotopic (exact) mass is 264 g/mol. The molecule has 0 aliphatic rings. The first-order chi connectivity index (χ1) is 8.89. The van der Waals surface area contributed by atoms with Gasteiger partial charge in [-0.15, -0.1) is 0 Å². The minimum Gasteiger partial charge on any atom is -0.494 e. The van der Waals surface area contributed by atoms with Crippen molar-refractivity contribution < 1.29 is 4.74 Å². The van der Waals surface area contributed by atoms with Gasteiger partial charge in [-0.25, -0.2) is 0 Å². The zero-order chi connectivity index (χ0) is 14.5. The first-order valence-electron chi connectivity index (χ1n) is 7.02. The molecule has 3 heteroatoms. The second-order valence-electron chi connectivity index (χ2n) is 5.96. The Hall–Kier alpha value is -1.06. The van der Waals surface area contributed by atoms with Crippen molar-refractivity contribution in [3.8, 4) is 5.75 Å². The lowest BCUT2D eigenvalue weighted by Crippen LogP contribution is -2.37. The second-order valence-corrected chi connectivity index (χ2v) is 5.96. The minimum atomic E-state index is 0.147. The van der Waals surface area contributed by atoms with Crippen molar-refractivity contribution in [1.82, 2.24) is 4.90 Å². The number of benzene rings is 1. The predicted octanol–water partition coefficient (Wildman–Crippen LogP) is 3.06. The van der Waals surface area contributed by atoms with Crippen LogP contribution in [0.25, 0.3) is 0 Å². The van der Waals surface area contributed by atoms with E-state index in [-0.39, 0.29) is 5.41 Å². The van der Waals surface area contributed by atoms with Crippen LogP contribution in [0.5, 0.6) is 5.75 Å². The highest BCUT2D eigenvalue weighted by atomic mass is 16.5. The van der Waals surface area contributed by atoms with E-state index < -0.39 is 0 Å². The Morgan fingerprint density at radius 2 is 1.84 bits per heavy atom. The first-order valence-corrected chi connectivity index (χ1v) is 7.02. The van der Waals surface area contributed by atoms with Crippen molar-refractivity contribution in [1.29, 1.82) is 0 Å². The molecular weight excluding hydrogens is 236 g/mol. The van der Waals surface area contributed by atoms with Gasteiger partial charge < -0.3 is 10.5 Å². The molecule has 1 unspecified atom stereocenters. The molecule has 0 heterocycles. The summed E-state index contributed by atoms with van der Waals surface area (Å²) in [7, 11) is 2.15. The van der Waals surface area contributed by atoms with Crippen molar-refractivity contribution in [2.24, 2.45) is 11.1 Å². The van der Waals surface area contributed by atoms with Gasteiger partial charge in [0.1, 0.15) is 5.75 Å². The minimum absolute atomic E-state index is 0.147.